The van der Waals surface area contributed by atoms with Crippen LogP contribution in [0.15, 0.2) is 18.3 Å². The molecule has 0 unspecified atom stereocenters. The lowest BCUT2D eigenvalue weighted by atomic mass is 10.1. The highest BCUT2D eigenvalue weighted by Gasteiger charge is 2.20. The summed E-state index contributed by atoms with van der Waals surface area (Å²) < 4.78 is 18.9. The minimum absolute atomic E-state index is 0.00676. The van der Waals surface area contributed by atoms with Gasteiger partial charge in [-0.1, -0.05) is 11.6 Å². The number of carbonyl (C=O) groups excluding carboxylic acids is 1. The van der Waals surface area contributed by atoms with Gasteiger partial charge in [0.1, 0.15) is 20.9 Å². The minimum atomic E-state index is -0.868. The molecule has 4 nitrogen and oxygen atoms in total. The number of rotatable bonds is 2. The zero-order chi connectivity index (χ0) is 13.3. The average molecular weight is 288 g/mol. The van der Waals surface area contributed by atoms with E-state index in [1.54, 1.807) is 0 Å². The summed E-state index contributed by atoms with van der Waals surface area (Å²) in [5.74, 6) is -1.92. The van der Waals surface area contributed by atoms with Crippen molar-refractivity contribution < 1.29 is 19.0 Å². The maximum Gasteiger partial charge on any atom is 0.341 e. The van der Waals surface area contributed by atoms with Gasteiger partial charge in [0.05, 0.1) is 24.4 Å². The normalized spacial score (nSPS) is 10.4. The van der Waals surface area contributed by atoms with Crippen molar-refractivity contribution in [2.24, 2.45) is 0 Å². The first kappa shape index (κ1) is 12.8. The van der Waals surface area contributed by atoms with E-state index >= 15 is 0 Å². The second-order valence-electron chi connectivity index (χ2n) is 3.32. The number of aromatic hydroxyl groups is 1. The number of benzene rings is 1. The number of carbonyl (C=O) groups is 1. The number of methoxy groups -OCH3 is 1. The number of phenolic OH excluding ortho intramolecular Hbond substituents is 1. The van der Waals surface area contributed by atoms with Crippen LogP contribution in [0.5, 0.6) is 5.75 Å². The third kappa shape index (κ3) is 2.30. The Kier molecular flexibility index (Phi) is 3.49. The summed E-state index contributed by atoms with van der Waals surface area (Å²) >= 11 is 6.75. The van der Waals surface area contributed by atoms with Crippen LogP contribution >= 0.6 is 22.9 Å². The van der Waals surface area contributed by atoms with Crippen LogP contribution in [0.3, 0.4) is 0 Å². The number of aromatic nitrogens is 1. The van der Waals surface area contributed by atoms with Gasteiger partial charge in [-0.25, -0.2) is 14.2 Å². The van der Waals surface area contributed by atoms with Crippen LogP contribution in [0.2, 0.25) is 4.34 Å². The molecule has 0 amide bonds. The Morgan fingerprint density at radius 2 is 2.28 bits per heavy atom. The van der Waals surface area contributed by atoms with Crippen LogP contribution in [0.1, 0.15) is 10.4 Å². The van der Waals surface area contributed by atoms with Crippen molar-refractivity contribution in [2.75, 3.05) is 7.11 Å². The maximum absolute atomic E-state index is 14.1. The average Bonchev–Trinajstić information content (AvgIpc) is 2.77. The predicted molar refractivity (Wildman–Crippen MR) is 65.5 cm³/mol. The molecule has 1 N–H and O–H groups in total. The van der Waals surface area contributed by atoms with E-state index in [1.165, 1.54) is 12.3 Å². The first-order chi connectivity index (χ1) is 8.52. The fourth-order valence-corrected chi connectivity index (χ4v) is 2.32. The Morgan fingerprint density at radius 1 is 1.56 bits per heavy atom. The predicted octanol–water partition coefficient (Wildman–Crippen LogP) is 3.09. The van der Waals surface area contributed by atoms with Gasteiger partial charge >= 0.3 is 5.97 Å². The molecule has 0 aliphatic rings. The molecule has 0 saturated heterocycles. The van der Waals surface area contributed by atoms with E-state index in [0.29, 0.717) is 4.34 Å². The van der Waals surface area contributed by atoms with E-state index in [4.69, 9.17) is 11.6 Å². The summed E-state index contributed by atoms with van der Waals surface area (Å²) in [5.41, 5.74) is -0.342. The quantitative estimate of drug-likeness (QED) is 0.862. The Bertz CT molecular complexity index is 614. The van der Waals surface area contributed by atoms with Crippen molar-refractivity contribution in [2.45, 2.75) is 0 Å². The van der Waals surface area contributed by atoms with Gasteiger partial charge in [0.15, 0.2) is 0 Å². The highest BCUT2D eigenvalue weighted by molar-refractivity contribution is 7.18. The van der Waals surface area contributed by atoms with E-state index in [2.05, 4.69) is 9.72 Å². The Labute approximate surface area is 111 Å². The molecule has 1 aromatic carbocycles. The minimum Gasteiger partial charge on any atom is -0.508 e. The SMILES string of the molecule is COC(=O)c1cc(O)cc(-c2ncc(Cl)s2)c1F. The molecular weight excluding hydrogens is 281 g/mol. The molecule has 0 radical (unpaired) electrons. The van der Waals surface area contributed by atoms with E-state index in [-0.39, 0.29) is 21.9 Å². The van der Waals surface area contributed by atoms with Gasteiger partial charge in [-0.05, 0) is 12.1 Å². The van der Waals surface area contributed by atoms with Crippen molar-refractivity contribution in [1.29, 1.82) is 0 Å². The Balaban J connectivity index is 2.61. The van der Waals surface area contributed by atoms with Crippen molar-refractivity contribution in [3.8, 4) is 16.3 Å². The van der Waals surface area contributed by atoms with Gasteiger partial charge in [-0.15, -0.1) is 11.3 Å². The van der Waals surface area contributed by atoms with Gasteiger partial charge < -0.3 is 9.84 Å². The molecule has 1 aromatic heterocycles. The third-order valence-corrected chi connectivity index (χ3v) is 3.32. The number of phenols is 1. The molecule has 1 heterocycles. The summed E-state index contributed by atoms with van der Waals surface area (Å²) in [6.07, 6.45) is 1.36. The molecule has 0 aliphatic carbocycles. The largest absolute Gasteiger partial charge is 0.508 e. The third-order valence-electron chi connectivity index (χ3n) is 2.17. The molecule has 2 aromatic rings. The van der Waals surface area contributed by atoms with E-state index in [0.717, 1.165) is 24.5 Å². The van der Waals surface area contributed by atoms with Crippen LogP contribution < -0.4 is 0 Å². The molecule has 0 atom stereocenters. The number of halogens is 2. The maximum atomic E-state index is 14.1. The first-order valence-corrected chi connectivity index (χ1v) is 5.95. The summed E-state index contributed by atoms with van der Waals surface area (Å²) in [4.78, 5) is 15.3. The summed E-state index contributed by atoms with van der Waals surface area (Å²) in [7, 11) is 1.13. The standard InChI is InChI=1S/C11H7ClFNO3S/c1-17-11(16)7-3-5(15)2-6(9(7)13)10-14-4-8(12)18-10/h2-4,15H,1H3. The van der Waals surface area contributed by atoms with Gasteiger partial charge in [-0.2, -0.15) is 0 Å². The molecule has 2 rings (SSSR count). The van der Waals surface area contributed by atoms with Crippen LogP contribution in [-0.2, 0) is 4.74 Å². The van der Waals surface area contributed by atoms with Crippen molar-refractivity contribution >= 4 is 28.9 Å². The Hall–Kier alpha value is -1.66. The number of hydrogen-bond donors (Lipinski definition) is 1. The van der Waals surface area contributed by atoms with E-state index < -0.39 is 11.8 Å². The lowest BCUT2D eigenvalue weighted by Crippen LogP contribution is -2.05. The number of hydrogen-bond acceptors (Lipinski definition) is 5. The lowest BCUT2D eigenvalue weighted by Gasteiger charge is -2.06. The van der Waals surface area contributed by atoms with Crippen molar-refractivity contribution in [3.05, 3.63) is 34.0 Å². The van der Waals surface area contributed by atoms with Crippen molar-refractivity contribution in [3.63, 3.8) is 0 Å². The molecule has 0 bridgehead atoms. The zero-order valence-corrected chi connectivity index (χ0v) is 10.7. The van der Waals surface area contributed by atoms with Gasteiger partial charge in [0.2, 0.25) is 0 Å². The van der Waals surface area contributed by atoms with E-state index in [9.17, 15) is 14.3 Å². The van der Waals surface area contributed by atoms with Crippen molar-refractivity contribution in [1.82, 2.24) is 4.98 Å². The molecular formula is C11H7ClFNO3S. The number of esters is 1. The van der Waals surface area contributed by atoms with Gasteiger partial charge in [0, 0.05) is 0 Å². The van der Waals surface area contributed by atoms with Gasteiger partial charge in [0.25, 0.3) is 0 Å². The van der Waals surface area contributed by atoms with E-state index in [1.807, 2.05) is 0 Å². The molecule has 18 heavy (non-hydrogen) atoms. The fraction of sp³-hybridized carbons (Fsp3) is 0.0909. The second kappa shape index (κ2) is 4.91. The zero-order valence-electron chi connectivity index (χ0n) is 9.11. The van der Waals surface area contributed by atoms with Gasteiger partial charge in [-0.3, -0.25) is 0 Å². The smallest absolute Gasteiger partial charge is 0.341 e. The molecule has 0 aliphatic heterocycles. The molecule has 94 valence electrons. The lowest BCUT2D eigenvalue weighted by molar-refractivity contribution is 0.0595. The molecule has 7 heteroatoms. The molecule has 0 fully saturated rings. The molecule has 0 saturated carbocycles. The van der Waals surface area contributed by atoms with Crippen LogP contribution in [0, 0.1) is 5.82 Å². The first-order valence-electron chi connectivity index (χ1n) is 4.75. The summed E-state index contributed by atoms with van der Waals surface area (Å²) in [6, 6.07) is 2.18. The number of thiazole rings is 1. The number of nitrogens with zero attached hydrogens (tertiary/aromatic N) is 1. The van der Waals surface area contributed by atoms with Crippen LogP contribution in [0.4, 0.5) is 4.39 Å². The topological polar surface area (TPSA) is 59.4 Å². The molecule has 0 spiro atoms. The van der Waals surface area contributed by atoms with Crippen LogP contribution in [0.25, 0.3) is 10.6 Å². The highest BCUT2D eigenvalue weighted by atomic mass is 35.5. The monoisotopic (exact) mass is 287 g/mol. The van der Waals surface area contributed by atoms with Crippen LogP contribution in [-0.4, -0.2) is 23.2 Å². The summed E-state index contributed by atoms with van der Waals surface area (Å²) in [6.45, 7) is 0. The Morgan fingerprint density at radius 3 is 2.83 bits per heavy atom. The fourth-order valence-electron chi connectivity index (χ4n) is 1.40. The number of ether oxygens (including phenoxy) is 1. The highest BCUT2D eigenvalue weighted by Crippen LogP contribution is 2.33. The second-order valence-corrected chi connectivity index (χ2v) is 4.98. The summed E-state index contributed by atoms with van der Waals surface area (Å²) in [5, 5.41) is 9.78.